The molecule has 0 spiro atoms. The molecule has 5 rings (SSSR count). The van der Waals surface area contributed by atoms with E-state index in [0.29, 0.717) is 5.92 Å². The summed E-state index contributed by atoms with van der Waals surface area (Å²) in [7, 11) is 0. The minimum absolute atomic E-state index is 0.520. The molecule has 3 aromatic carbocycles. The van der Waals surface area contributed by atoms with Crippen LogP contribution in [0.25, 0.3) is 28.0 Å². The maximum atomic E-state index is 2.50. The van der Waals surface area contributed by atoms with E-state index in [1.807, 2.05) is 0 Å². The molecule has 1 heteroatoms. The van der Waals surface area contributed by atoms with Crippen LogP contribution in [0, 0.1) is 0 Å². The van der Waals surface area contributed by atoms with Crippen molar-refractivity contribution in [3.8, 4) is 11.1 Å². The smallest absolute Gasteiger partial charge is 0.0153 e. The molecule has 1 atom stereocenters. The van der Waals surface area contributed by atoms with Gasteiger partial charge in [0, 0.05) is 5.92 Å². The highest BCUT2D eigenvalue weighted by Crippen LogP contribution is 2.51. The largest absolute Gasteiger partial charge is 0.0613 e. The first kappa shape index (κ1) is 12.0. The quantitative estimate of drug-likeness (QED) is 0.412. The summed E-state index contributed by atoms with van der Waals surface area (Å²) in [5.74, 6) is 0.520. The Balaban J connectivity index is 2.01. The molecular formula is C20H13I. The van der Waals surface area contributed by atoms with Crippen LogP contribution in [0.5, 0.6) is 0 Å². The molecule has 0 aromatic heterocycles. The highest BCUT2D eigenvalue weighted by atomic mass is 127. The zero-order valence-electron chi connectivity index (χ0n) is 11.4. The first-order valence-electron chi connectivity index (χ1n) is 7.34. The van der Waals surface area contributed by atoms with Crippen LogP contribution in [-0.2, 0) is 0 Å². The van der Waals surface area contributed by atoms with E-state index in [4.69, 9.17) is 0 Å². The van der Waals surface area contributed by atoms with Crippen molar-refractivity contribution in [2.24, 2.45) is 0 Å². The molecule has 0 radical (unpaired) electrons. The molecule has 0 nitrogen and oxygen atoms in total. The molecule has 1 unspecified atom stereocenters. The molecule has 0 amide bonds. The standard InChI is InChI=1S/C20H13I/c21-14-10-13-6-3-8-16-15-7-1-4-12-5-2-9-17(19(12)15)18(11-14)20(13)16/h1-10,18H,11H2. The monoisotopic (exact) mass is 380 g/mol. The molecule has 0 saturated heterocycles. The second-order valence-electron chi connectivity index (χ2n) is 5.91. The lowest BCUT2D eigenvalue weighted by Crippen LogP contribution is -2.13. The lowest BCUT2D eigenvalue weighted by atomic mass is 9.72. The van der Waals surface area contributed by atoms with Crippen molar-refractivity contribution in [3.63, 3.8) is 0 Å². The Kier molecular flexibility index (Phi) is 2.40. The SMILES string of the molecule is IC1=Cc2cccc3c2C(C1)c1cccc2cccc-3c12. The van der Waals surface area contributed by atoms with Crippen molar-refractivity contribution in [1.29, 1.82) is 0 Å². The lowest BCUT2D eigenvalue weighted by molar-refractivity contribution is 0.820. The van der Waals surface area contributed by atoms with Crippen LogP contribution in [0.15, 0.2) is 58.2 Å². The van der Waals surface area contributed by atoms with Crippen LogP contribution < -0.4 is 0 Å². The van der Waals surface area contributed by atoms with Gasteiger partial charge in [-0.25, -0.2) is 0 Å². The van der Waals surface area contributed by atoms with Crippen molar-refractivity contribution in [2.75, 3.05) is 0 Å². The Bertz CT molecular complexity index is 928. The average Bonchev–Trinajstić information content (AvgIpc) is 2.51. The Hall–Kier alpha value is -1.61. The van der Waals surface area contributed by atoms with E-state index in [1.165, 1.54) is 42.2 Å². The summed E-state index contributed by atoms with van der Waals surface area (Å²) in [6.07, 6.45) is 3.49. The van der Waals surface area contributed by atoms with E-state index in [2.05, 4.69) is 83.3 Å². The summed E-state index contributed by atoms with van der Waals surface area (Å²) < 4.78 is 1.46. The van der Waals surface area contributed by atoms with E-state index in [1.54, 1.807) is 0 Å². The van der Waals surface area contributed by atoms with E-state index in [9.17, 15) is 0 Å². The van der Waals surface area contributed by atoms with Crippen LogP contribution in [0.1, 0.15) is 29.0 Å². The van der Waals surface area contributed by atoms with E-state index < -0.39 is 0 Å². The molecule has 0 saturated carbocycles. The predicted molar refractivity (Wildman–Crippen MR) is 97.8 cm³/mol. The van der Waals surface area contributed by atoms with Gasteiger partial charge in [0.25, 0.3) is 0 Å². The molecule has 0 bridgehead atoms. The molecule has 0 N–H and O–H groups in total. The zero-order valence-corrected chi connectivity index (χ0v) is 13.6. The van der Waals surface area contributed by atoms with Crippen molar-refractivity contribution >= 4 is 39.4 Å². The Labute approximate surface area is 137 Å². The van der Waals surface area contributed by atoms with Gasteiger partial charge in [0.1, 0.15) is 0 Å². The number of fused-ring (bicyclic) bond motifs is 2. The van der Waals surface area contributed by atoms with Crippen LogP contribution in [0.3, 0.4) is 0 Å². The molecule has 0 aliphatic heterocycles. The Morgan fingerprint density at radius 2 is 1.62 bits per heavy atom. The highest BCUT2D eigenvalue weighted by molar-refractivity contribution is 14.1. The van der Waals surface area contributed by atoms with Crippen LogP contribution in [-0.4, -0.2) is 0 Å². The predicted octanol–water partition coefficient (Wildman–Crippen LogP) is 6.13. The minimum atomic E-state index is 0.520. The van der Waals surface area contributed by atoms with Crippen molar-refractivity contribution in [2.45, 2.75) is 12.3 Å². The van der Waals surface area contributed by atoms with Crippen LogP contribution in [0.4, 0.5) is 0 Å². The summed E-state index contributed by atoms with van der Waals surface area (Å²) in [6.45, 7) is 0. The molecule has 0 fully saturated rings. The van der Waals surface area contributed by atoms with Gasteiger partial charge >= 0.3 is 0 Å². The molecule has 0 heterocycles. The number of benzene rings is 3. The van der Waals surface area contributed by atoms with Crippen molar-refractivity contribution in [3.05, 3.63) is 74.9 Å². The third-order valence-electron chi connectivity index (χ3n) is 4.80. The lowest BCUT2D eigenvalue weighted by Gasteiger charge is -2.32. The summed E-state index contributed by atoms with van der Waals surface area (Å²) in [6, 6.07) is 20.2. The van der Waals surface area contributed by atoms with Gasteiger partial charge < -0.3 is 0 Å². The van der Waals surface area contributed by atoms with Gasteiger partial charge in [-0.05, 0) is 77.3 Å². The maximum absolute atomic E-state index is 2.50. The van der Waals surface area contributed by atoms with E-state index in [0.717, 1.165) is 6.42 Å². The number of allylic oxidation sites excluding steroid dienone is 1. The third-order valence-corrected chi connectivity index (χ3v) is 5.55. The van der Waals surface area contributed by atoms with Gasteiger partial charge in [-0.2, -0.15) is 0 Å². The average molecular weight is 380 g/mol. The summed E-state index contributed by atoms with van der Waals surface area (Å²) in [5, 5.41) is 2.83. The summed E-state index contributed by atoms with van der Waals surface area (Å²) >= 11 is 2.50. The second-order valence-corrected chi connectivity index (χ2v) is 7.29. The minimum Gasteiger partial charge on any atom is -0.0613 e. The number of halogens is 1. The summed E-state index contributed by atoms with van der Waals surface area (Å²) in [5.41, 5.74) is 7.28. The fourth-order valence-corrected chi connectivity index (χ4v) is 4.78. The molecule has 2 aliphatic rings. The molecule has 100 valence electrons. The number of hydrogen-bond donors (Lipinski definition) is 0. The zero-order chi connectivity index (χ0) is 14.0. The van der Waals surface area contributed by atoms with Gasteiger partial charge in [-0.15, -0.1) is 0 Å². The fourth-order valence-electron chi connectivity index (χ4n) is 4.01. The topological polar surface area (TPSA) is 0 Å². The normalized spacial score (nSPS) is 18.3. The van der Waals surface area contributed by atoms with E-state index >= 15 is 0 Å². The van der Waals surface area contributed by atoms with Gasteiger partial charge in [0.2, 0.25) is 0 Å². The number of rotatable bonds is 0. The van der Waals surface area contributed by atoms with Gasteiger partial charge in [-0.3, -0.25) is 0 Å². The first-order valence-corrected chi connectivity index (χ1v) is 8.42. The third kappa shape index (κ3) is 1.55. The molecule has 3 aromatic rings. The van der Waals surface area contributed by atoms with Crippen LogP contribution >= 0.6 is 22.6 Å². The van der Waals surface area contributed by atoms with Gasteiger partial charge in [0.05, 0.1) is 0 Å². The van der Waals surface area contributed by atoms with Crippen LogP contribution in [0.2, 0.25) is 0 Å². The highest BCUT2D eigenvalue weighted by Gasteiger charge is 2.30. The fraction of sp³-hybridized carbons (Fsp3) is 0.100. The first-order chi connectivity index (χ1) is 10.3. The molecule has 2 aliphatic carbocycles. The maximum Gasteiger partial charge on any atom is 0.0153 e. The van der Waals surface area contributed by atoms with Gasteiger partial charge in [-0.1, -0.05) is 54.6 Å². The van der Waals surface area contributed by atoms with Crippen molar-refractivity contribution < 1.29 is 0 Å². The Morgan fingerprint density at radius 1 is 0.857 bits per heavy atom. The Morgan fingerprint density at radius 3 is 2.52 bits per heavy atom. The number of hydrogen-bond acceptors (Lipinski definition) is 0. The molecular weight excluding hydrogens is 367 g/mol. The summed E-state index contributed by atoms with van der Waals surface area (Å²) in [4.78, 5) is 0. The van der Waals surface area contributed by atoms with Crippen molar-refractivity contribution in [1.82, 2.24) is 0 Å². The second kappa shape index (κ2) is 4.20. The van der Waals surface area contributed by atoms with Gasteiger partial charge in [0.15, 0.2) is 0 Å². The van der Waals surface area contributed by atoms with E-state index in [-0.39, 0.29) is 0 Å². The molecule has 21 heavy (non-hydrogen) atoms.